The maximum atomic E-state index is 5.60. The van der Waals surface area contributed by atoms with Crippen molar-refractivity contribution in [2.45, 2.75) is 40.0 Å². The molecule has 5 heteroatoms. The Balaban J connectivity index is 1.42. The molecule has 2 saturated heterocycles. The highest BCUT2D eigenvalue weighted by atomic mass is 16.5. The lowest BCUT2D eigenvalue weighted by Gasteiger charge is -2.33. The number of aromatic nitrogens is 3. The van der Waals surface area contributed by atoms with Crippen LogP contribution >= 0.6 is 0 Å². The summed E-state index contributed by atoms with van der Waals surface area (Å²) in [5.74, 6) is 0. The molecule has 1 spiro atoms. The monoisotopic (exact) mass is 402 g/mol. The average molecular weight is 403 g/mol. The number of H-pyrrole nitrogens is 1. The Kier molecular flexibility index (Phi) is 4.86. The molecule has 0 unspecified atom stereocenters. The molecule has 1 N–H and O–H groups in total. The van der Waals surface area contributed by atoms with Gasteiger partial charge in [0, 0.05) is 60.2 Å². The predicted molar refractivity (Wildman–Crippen MR) is 121 cm³/mol. The Hall–Kier alpha value is -2.66. The molecule has 0 bridgehead atoms. The Morgan fingerprint density at radius 1 is 0.933 bits per heavy atom. The summed E-state index contributed by atoms with van der Waals surface area (Å²) in [5.41, 5.74) is 9.39. The van der Waals surface area contributed by atoms with Crippen molar-refractivity contribution >= 4 is 5.69 Å². The van der Waals surface area contributed by atoms with Gasteiger partial charge in [-0.1, -0.05) is 12.1 Å². The maximum Gasteiger partial charge on any atom is 0.100 e. The molecule has 156 valence electrons. The molecule has 5 rings (SSSR count). The summed E-state index contributed by atoms with van der Waals surface area (Å²) in [7, 11) is 0. The van der Waals surface area contributed by atoms with Crippen LogP contribution < -0.4 is 4.90 Å². The van der Waals surface area contributed by atoms with Crippen LogP contribution in [0.3, 0.4) is 0 Å². The summed E-state index contributed by atoms with van der Waals surface area (Å²) in [6.45, 7) is 10.3. The molecule has 5 nitrogen and oxygen atoms in total. The van der Waals surface area contributed by atoms with Crippen LogP contribution in [0.4, 0.5) is 5.69 Å². The molecule has 2 aliphatic rings. The first-order valence-electron chi connectivity index (χ1n) is 11.0. The van der Waals surface area contributed by atoms with E-state index < -0.39 is 0 Å². The molecular weight excluding hydrogens is 372 g/mol. The lowest BCUT2D eigenvalue weighted by molar-refractivity contribution is 0.0254. The molecule has 2 fully saturated rings. The van der Waals surface area contributed by atoms with Crippen molar-refractivity contribution in [1.82, 2.24) is 15.2 Å². The normalized spacial score (nSPS) is 18.3. The van der Waals surface area contributed by atoms with E-state index in [-0.39, 0.29) is 0 Å². The molecule has 30 heavy (non-hydrogen) atoms. The molecule has 0 saturated carbocycles. The van der Waals surface area contributed by atoms with Gasteiger partial charge in [0.2, 0.25) is 0 Å². The average Bonchev–Trinajstić information content (AvgIpc) is 3.32. The van der Waals surface area contributed by atoms with Gasteiger partial charge in [-0.25, -0.2) is 0 Å². The van der Waals surface area contributed by atoms with E-state index in [1.54, 1.807) is 0 Å². The van der Waals surface area contributed by atoms with E-state index in [1.807, 2.05) is 13.8 Å². The molecule has 3 aromatic rings. The minimum atomic E-state index is 0.461. The zero-order valence-electron chi connectivity index (χ0n) is 18.2. The summed E-state index contributed by atoms with van der Waals surface area (Å²) in [6.07, 6.45) is 3.68. The fourth-order valence-electron chi connectivity index (χ4n) is 5.17. The third-order valence-electron chi connectivity index (χ3n) is 6.82. The molecule has 2 aliphatic heterocycles. The minimum Gasteiger partial charge on any atom is -0.381 e. The van der Waals surface area contributed by atoms with Gasteiger partial charge >= 0.3 is 0 Å². The number of aryl methyl sites for hydroxylation is 3. The molecule has 0 aliphatic carbocycles. The Bertz CT molecular complexity index is 1030. The topological polar surface area (TPSA) is 54.0 Å². The van der Waals surface area contributed by atoms with Crippen molar-refractivity contribution in [3.8, 4) is 22.4 Å². The van der Waals surface area contributed by atoms with E-state index in [9.17, 15) is 0 Å². The maximum absolute atomic E-state index is 5.60. The van der Waals surface area contributed by atoms with Gasteiger partial charge in [-0.05, 0) is 75.3 Å². The number of nitrogens with one attached hydrogen (secondary N) is 1. The number of hydrogen-bond acceptors (Lipinski definition) is 4. The number of anilines is 1. The quantitative estimate of drug-likeness (QED) is 0.664. The second-order valence-electron chi connectivity index (χ2n) is 9.04. The van der Waals surface area contributed by atoms with Crippen LogP contribution in [-0.2, 0) is 4.74 Å². The SMILES string of the molecule is Cc1cc(-c2n[nH]c(C)c2-c2ccc(N3CCC4(CCOCC4)C3)cc2)cc(C)n1. The van der Waals surface area contributed by atoms with Gasteiger partial charge in [-0.15, -0.1) is 0 Å². The van der Waals surface area contributed by atoms with Crippen molar-refractivity contribution in [1.29, 1.82) is 0 Å². The van der Waals surface area contributed by atoms with Crippen molar-refractivity contribution in [2.24, 2.45) is 5.41 Å². The van der Waals surface area contributed by atoms with Crippen molar-refractivity contribution in [2.75, 3.05) is 31.2 Å². The van der Waals surface area contributed by atoms with Gasteiger partial charge < -0.3 is 9.64 Å². The van der Waals surface area contributed by atoms with Gasteiger partial charge in [0.15, 0.2) is 0 Å². The summed E-state index contributed by atoms with van der Waals surface area (Å²) < 4.78 is 5.60. The molecule has 2 aromatic heterocycles. The molecule has 0 atom stereocenters. The van der Waals surface area contributed by atoms with Crippen LogP contribution in [0.2, 0.25) is 0 Å². The lowest BCUT2D eigenvalue weighted by Crippen LogP contribution is -2.33. The van der Waals surface area contributed by atoms with E-state index in [1.165, 1.54) is 36.1 Å². The second-order valence-corrected chi connectivity index (χ2v) is 9.04. The van der Waals surface area contributed by atoms with E-state index >= 15 is 0 Å². The van der Waals surface area contributed by atoms with E-state index in [4.69, 9.17) is 4.74 Å². The number of hydrogen-bond donors (Lipinski definition) is 1. The standard InChI is InChI=1S/C25H30N4O/c1-17-14-21(15-18(2)26-17)24-23(19(3)27-28-24)20-4-6-22(7-5-20)29-11-8-25(16-29)9-12-30-13-10-25/h4-7,14-15H,8-13,16H2,1-3H3,(H,27,28). The first kappa shape index (κ1) is 19.3. The third kappa shape index (κ3) is 3.52. The number of nitrogens with zero attached hydrogens (tertiary/aromatic N) is 3. The van der Waals surface area contributed by atoms with Gasteiger partial charge in [-0.2, -0.15) is 5.10 Å². The zero-order chi connectivity index (χ0) is 20.7. The predicted octanol–water partition coefficient (Wildman–Crippen LogP) is 5.07. The largest absolute Gasteiger partial charge is 0.381 e. The smallest absolute Gasteiger partial charge is 0.100 e. The van der Waals surface area contributed by atoms with Gasteiger partial charge in [0.1, 0.15) is 5.69 Å². The van der Waals surface area contributed by atoms with E-state index in [0.717, 1.165) is 54.6 Å². The van der Waals surface area contributed by atoms with Crippen LogP contribution in [0.1, 0.15) is 36.3 Å². The Morgan fingerprint density at radius 2 is 1.63 bits per heavy atom. The van der Waals surface area contributed by atoms with Crippen molar-refractivity contribution in [3.63, 3.8) is 0 Å². The molecule has 0 radical (unpaired) electrons. The van der Waals surface area contributed by atoms with Crippen LogP contribution in [0, 0.1) is 26.2 Å². The summed E-state index contributed by atoms with van der Waals surface area (Å²) >= 11 is 0. The van der Waals surface area contributed by atoms with Crippen LogP contribution in [0.15, 0.2) is 36.4 Å². The molecular formula is C25H30N4O. The number of benzene rings is 1. The lowest BCUT2D eigenvalue weighted by atomic mass is 9.80. The first-order valence-corrected chi connectivity index (χ1v) is 11.0. The van der Waals surface area contributed by atoms with Gasteiger partial charge in [-0.3, -0.25) is 10.1 Å². The first-order chi connectivity index (χ1) is 14.5. The number of ether oxygens (including phenoxy) is 1. The highest BCUT2D eigenvalue weighted by molar-refractivity contribution is 5.83. The van der Waals surface area contributed by atoms with Crippen LogP contribution in [0.5, 0.6) is 0 Å². The fraction of sp³-hybridized carbons (Fsp3) is 0.440. The minimum absolute atomic E-state index is 0.461. The molecule has 0 amide bonds. The van der Waals surface area contributed by atoms with Gasteiger partial charge in [0.25, 0.3) is 0 Å². The van der Waals surface area contributed by atoms with Gasteiger partial charge in [0.05, 0.1) is 0 Å². The van der Waals surface area contributed by atoms with E-state index in [2.05, 4.69) is 63.4 Å². The third-order valence-corrected chi connectivity index (χ3v) is 6.82. The Labute approximate surface area is 178 Å². The second kappa shape index (κ2) is 7.55. The molecule has 4 heterocycles. The summed E-state index contributed by atoms with van der Waals surface area (Å²) in [6, 6.07) is 13.2. The van der Waals surface area contributed by atoms with E-state index in [0.29, 0.717) is 5.41 Å². The fourth-order valence-corrected chi connectivity index (χ4v) is 5.17. The highest BCUT2D eigenvalue weighted by Crippen LogP contribution is 2.42. The number of aromatic amines is 1. The van der Waals surface area contributed by atoms with Crippen molar-refractivity contribution < 1.29 is 4.74 Å². The zero-order valence-corrected chi connectivity index (χ0v) is 18.2. The number of pyridine rings is 1. The number of rotatable bonds is 3. The highest BCUT2D eigenvalue weighted by Gasteiger charge is 2.39. The Morgan fingerprint density at radius 3 is 2.33 bits per heavy atom. The van der Waals surface area contributed by atoms with Crippen LogP contribution in [-0.4, -0.2) is 41.5 Å². The van der Waals surface area contributed by atoms with Crippen molar-refractivity contribution in [3.05, 3.63) is 53.5 Å². The van der Waals surface area contributed by atoms with Crippen LogP contribution in [0.25, 0.3) is 22.4 Å². The summed E-state index contributed by atoms with van der Waals surface area (Å²) in [5, 5.41) is 7.82. The summed E-state index contributed by atoms with van der Waals surface area (Å²) in [4.78, 5) is 7.06. The molecule has 1 aromatic carbocycles.